The molecule has 152 valence electrons. The number of nitrogens with one attached hydrogen (secondary N) is 2. The average Bonchev–Trinajstić information content (AvgIpc) is 3.40. The zero-order valence-corrected chi connectivity index (χ0v) is 15.2. The molecule has 0 amide bonds. The average molecular weight is 392 g/mol. The molecule has 0 spiro atoms. The molecule has 0 unspecified atom stereocenters. The summed E-state index contributed by atoms with van der Waals surface area (Å²) < 4.78 is 12.7. The number of imidazole rings is 1. The Morgan fingerprint density at radius 3 is 2.86 bits per heavy atom. The molecule has 4 rings (SSSR count). The third-order valence-corrected chi connectivity index (χ3v) is 4.92. The number of hydrogen-bond acceptors (Lipinski definition) is 10. The van der Waals surface area contributed by atoms with Gasteiger partial charge in [-0.3, -0.25) is 4.57 Å². The van der Waals surface area contributed by atoms with E-state index in [1.807, 2.05) is 0 Å². The van der Waals surface area contributed by atoms with E-state index in [1.165, 1.54) is 6.33 Å². The molecule has 0 radical (unpaired) electrons. The summed E-state index contributed by atoms with van der Waals surface area (Å²) in [5.41, 5.74) is 0.927. The predicted octanol–water partition coefficient (Wildman–Crippen LogP) is -0.763. The Morgan fingerprint density at radius 1 is 1.32 bits per heavy atom. The highest BCUT2D eigenvalue weighted by Gasteiger charge is 2.45. The van der Waals surface area contributed by atoms with Crippen LogP contribution >= 0.6 is 0 Å². The first-order valence-electron chi connectivity index (χ1n) is 9.18. The summed E-state index contributed by atoms with van der Waals surface area (Å²) in [5, 5.41) is 36.4. The lowest BCUT2D eigenvalue weighted by molar-refractivity contribution is -0.0501. The number of aliphatic hydroxyl groups is 3. The third kappa shape index (κ3) is 3.31. The normalized spacial score (nSPS) is 30.0. The van der Waals surface area contributed by atoms with Crippen molar-refractivity contribution in [1.29, 1.82) is 0 Å². The second-order valence-corrected chi connectivity index (χ2v) is 6.80. The van der Waals surface area contributed by atoms with Gasteiger partial charge in [0.05, 0.1) is 19.3 Å². The molecule has 2 aromatic rings. The van der Waals surface area contributed by atoms with E-state index in [4.69, 9.17) is 9.47 Å². The minimum Gasteiger partial charge on any atom is -0.394 e. The van der Waals surface area contributed by atoms with E-state index < -0.39 is 31.1 Å². The zero-order valence-electron chi connectivity index (χ0n) is 15.2. The second-order valence-electron chi connectivity index (χ2n) is 6.80. The standard InChI is InChI=1S/C17H24N6O5/c1-2-4-18-17-22-11-14(21-9-3-5-27-7-9)19-8-20-15(11)23(17)16-13(26)12(25)10(6-24)28-16/h2,8-10,12-13,16,24-26H,1,3-7H2,(H,18,22)(H,19,20,21)/t9-,10-,12-,13-,16-/m1/s1. The molecule has 0 saturated carbocycles. The molecule has 0 bridgehead atoms. The van der Waals surface area contributed by atoms with Crippen molar-refractivity contribution in [3.8, 4) is 0 Å². The molecule has 0 aromatic carbocycles. The molecule has 2 fully saturated rings. The molecule has 4 heterocycles. The van der Waals surface area contributed by atoms with Crippen LogP contribution < -0.4 is 10.6 Å². The van der Waals surface area contributed by atoms with E-state index in [0.29, 0.717) is 42.7 Å². The summed E-state index contributed by atoms with van der Waals surface area (Å²) in [6.45, 7) is 4.97. The van der Waals surface area contributed by atoms with Gasteiger partial charge in [-0.1, -0.05) is 6.08 Å². The van der Waals surface area contributed by atoms with Crippen molar-refractivity contribution in [3.63, 3.8) is 0 Å². The van der Waals surface area contributed by atoms with Crippen LogP contribution in [-0.4, -0.2) is 85.6 Å². The largest absolute Gasteiger partial charge is 0.394 e. The maximum absolute atomic E-state index is 10.5. The third-order valence-electron chi connectivity index (χ3n) is 4.92. The Morgan fingerprint density at radius 2 is 2.18 bits per heavy atom. The predicted molar refractivity (Wildman–Crippen MR) is 99.9 cm³/mol. The molecule has 2 aliphatic rings. The van der Waals surface area contributed by atoms with E-state index in [1.54, 1.807) is 10.6 Å². The summed E-state index contributed by atoms with van der Waals surface area (Å²) in [7, 11) is 0. The monoisotopic (exact) mass is 392 g/mol. The molecule has 2 aliphatic heterocycles. The van der Waals surface area contributed by atoms with Crippen LogP contribution in [0.1, 0.15) is 12.6 Å². The van der Waals surface area contributed by atoms with Crippen LogP contribution in [0, 0.1) is 0 Å². The van der Waals surface area contributed by atoms with Gasteiger partial charge in [-0.25, -0.2) is 15.0 Å². The Kier molecular flexibility index (Phi) is 5.42. The Hall–Kier alpha value is -2.31. The van der Waals surface area contributed by atoms with Gasteiger partial charge in [-0.15, -0.1) is 6.58 Å². The second kappa shape index (κ2) is 7.97. The molecule has 11 heteroatoms. The van der Waals surface area contributed by atoms with Crippen molar-refractivity contribution >= 4 is 22.9 Å². The lowest BCUT2D eigenvalue weighted by Gasteiger charge is -2.19. The van der Waals surface area contributed by atoms with E-state index in [0.717, 1.165) is 6.42 Å². The lowest BCUT2D eigenvalue weighted by Crippen LogP contribution is -2.33. The van der Waals surface area contributed by atoms with Crippen LogP contribution in [0.3, 0.4) is 0 Å². The minimum atomic E-state index is -1.26. The Bertz CT molecular complexity index is 839. The van der Waals surface area contributed by atoms with Crippen LogP contribution in [0.4, 0.5) is 11.8 Å². The number of aliphatic hydroxyl groups excluding tert-OH is 3. The first kappa shape index (κ1) is 19.0. The van der Waals surface area contributed by atoms with Gasteiger partial charge in [0.2, 0.25) is 5.95 Å². The van der Waals surface area contributed by atoms with Crippen LogP contribution in [0.25, 0.3) is 11.2 Å². The van der Waals surface area contributed by atoms with Crippen LogP contribution in [0.15, 0.2) is 19.0 Å². The van der Waals surface area contributed by atoms with E-state index in [-0.39, 0.29) is 6.04 Å². The minimum absolute atomic E-state index is 0.127. The number of ether oxygens (including phenoxy) is 2. The first-order chi connectivity index (χ1) is 13.6. The highest BCUT2D eigenvalue weighted by atomic mass is 16.6. The fraction of sp³-hybridized carbons (Fsp3) is 0.588. The molecular weight excluding hydrogens is 368 g/mol. The Balaban J connectivity index is 1.76. The molecule has 5 N–H and O–H groups in total. The van der Waals surface area contributed by atoms with Crippen molar-refractivity contribution in [2.75, 3.05) is 37.0 Å². The summed E-state index contributed by atoms with van der Waals surface area (Å²) >= 11 is 0. The number of aromatic nitrogens is 4. The summed E-state index contributed by atoms with van der Waals surface area (Å²) in [5.74, 6) is 0.934. The topological polar surface area (TPSA) is 147 Å². The quantitative estimate of drug-likeness (QED) is 0.381. The van der Waals surface area contributed by atoms with Crippen molar-refractivity contribution in [3.05, 3.63) is 19.0 Å². The number of fused-ring (bicyclic) bond motifs is 1. The lowest BCUT2D eigenvalue weighted by atomic mass is 10.1. The van der Waals surface area contributed by atoms with Crippen molar-refractivity contribution in [1.82, 2.24) is 19.5 Å². The number of anilines is 2. The van der Waals surface area contributed by atoms with Gasteiger partial charge in [0.1, 0.15) is 24.6 Å². The Labute approximate surface area is 161 Å². The SMILES string of the molecule is C=CCNc1nc2c(N[C@@H]3CCOC3)ncnc2n1[C@@H]1O[C@H](CO)[C@@H](O)[C@H]1O. The molecule has 11 nitrogen and oxygen atoms in total. The van der Waals surface area contributed by atoms with Crippen LogP contribution in [-0.2, 0) is 9.47 Å². The highest BCUT2D eigenvalue weighted by molar-refractivity contribution is 5.85. The molecule has 28 heavy (non-hydrogen) atoms. The fourth-order valence-corrected chi connectivity index (χ4v) is 3.48. The molecule has 5 atom stereocenters. The fourth-order valence-electron chi connectivity index (χ4n) is 3.48. The summed E-state index contributed by atoms with van der Waals surface area (Å²) in [6, 6.07) is 0.127. The van der Waals surface area contributed by atoms with Crippen LogP contribution in [0.2, 0.25) is 0 Å². The number of nitrogens with zero attached hydrogens (tertiary/aromatic N) is 4. The highest BCUT2D eigenvalue weighted by Crippen LogP contribution is 2.35. The van der Waals surface area contributed by atoms with Gasteiger partial charge in [0.15, 0.2) is 23.2 Å². The summed E-state index contributed by atoms with van der Waals surface area (Å²) in [6.07, 6.45) is -0.424. The maximum atomic E-state index is 10.5. The van der Waals surface area contributed by atoms with E-state index in [2.05, 4.69) is 32.2 Å². The van der Waals surface area contributed by atoms with Gasteiger partial charge in [-0.05, 0) is 6.42 Å². The van der Waals surface area contributed by atoms with Gasteiger partial charge < -0.3 is 35.4 Å². The van der Waals surface area contributed by atoms with E-state index in [9.17, 15) is 15.3 Å². The summed E-state index contributed by atoms with van der Waals surface area (Å²) in [4.78, 5) is 13.2. The van der Waals surface area contributed by atoms with Crippen molar-refractivity contribution in [2.24, 2.45) is 0 Å². The number of rotatable bonds is 7. The molecule has 2 aromatic heterocycles. The van der Waals surface area contributed by atoms with Crippen molar-refractivity contribution in [2.45, 2.75) is 37.0 Å². The molecular formula is C17H24N6O5. The molecule has 2 saturated heterocycles. The zero-order chi connectivity index (χ0) is 19.7. The smallest absolute Gasteiger partial charge is 0.207 e. The first-order valence-corrected chi connectivity index (χ1v) is 9.18. The molecule has 0 aliphatic carbocycles. The van der Waals surface area contributed by atoms with Crippen molar-refractivity contribution < 1.29 is 24.8 Å². The van der Waals surface area contributed by atoms with Gasteiger partial charge >= 0.3 is 0 Å². The maximum Gasteiger partial charge on any atom is 0.207 e. The van der Waals surface area contributed by atoms with E-state index >= 15 is 0 Å². The van der Waals surface area contributed by atoms with Gasteiger partial charge in [0, 0.05) is 13.2 Å². The number of hydrogen-bond donors (Lipinski definition) is 5. The van der Waals surface area contributed by atoms with Crippen LogP contribution in [0.5, 0.6) is 0 Å². The van der Waals surface area contributed by atoms with Gasteiger partial charge in [-0.2, -0.15) is 0 Å². The van der Waals surface area contributed by atoms with Gasteiger partial charge in [0.25, 0.3) is 0 Å².